The highest BCUT2D eigenvalue weighted by molar-refractivity contribution is 7.99. The first-order valence-corrected chi connectivity index (χ1v) is 8.37. The fourth-order valence-electron chi connectivity index (χ4n) is 2.29. The van der Waals surface area contributed by atoms with Gasteiger partial charge in [-0.05, 0) is 37.3 Å². The lowest BCUT2D eigenvalue weighted by atomic mass is 10.1. The molecule has 0 atom stereocenters. The van der Waals surface area contributed by atoms with E-state index in [9.17, 15) is 4.79 Å². The molecule has 0 heterocycles. The number of benzene rings is 1. The molecule has 1 aromatic rings. The van der Waals surface area contributed by atoms with E-state index in [-0.39, 0.29) is 12.1 Å². The summed E-state index contributed by atoms with van der Waals surface area (Å²) in [6.45, 7) is 0. The standard InChI is InChI=1S/C15H19NO2S2/c16-15(19)12-5-3-4-11(8-12)9-20-10-14(17)18-13-6-1-2-7-13/h3-5,8,13H,1-2,6-7,9-10H2,(H2,16,19). The molecule has 108 valence electrons. The van der Waals surface area contributed by atoms with Crippen molar-refractivity contribution < 1.29 is 9.53 Å². The molecule has 0 aromatic heterocycles. The molecule has 2 N–H and O–H groups in total. The van der Waals surface area contributed by atoms with Gasteiger partial charge in [-0.2, -0.15) is 0 Å². The van der Waals surface area contributed by atoms with E-state index in [0.29, 0.717) is 10.7 Å². The molecule has 1 aliphatic carbocycles. The first-order valence-electron chi connectivity index (χ1n) is 6.81. The fourth-order valence-corrected chi connectivity index (χ4v) is 3.17. The summed E-state index contributed by atoms with van der Waals surface area (Å²) < 4.78 is 5.41. The summed E-state index contributed by atoms with van der Waals surface area (Å²) in [6.07, 6.45) is 4.55. The lowest BCUT2D eigenvalue weighted by molar-refractivity contribution is -0.145. The Morgan fingerprint density at radius 2 is 2.15 bits per heavy atom. The summed E-state index contributed by atoms with van der Waals surface area (Å²) in [4.78, 5) is 12.1. The van der Waals surface area contributed by atoms with Crippen LogP contribution in [0.3, 0.4) is 0 Å². The largest absolute Gasteiger partial charge is 0.462 e. The van der Waals surface area contributed by atoms with Gasteiger partial charge >= 0.3 is 5.97 Å². The zero-order valence-corrected chi connectivity index (χ0v) is 13.0. The van der Waals surface area contributed by atoms with Crippen molar-refractivity contribution in [2.45, 2.75) is 37.5 Å². The topological polar surface area (TPSA) is 52.3 Å². The Balaban J connectivity index is 1.73. The van der Waals surface area contributed by atoms with Gasteiger partial charge in [-0.1, -0.05) is 30.4 Å². The molecular weight excluding hydrogens is 290 g/mol. The Hall–Kier alpha value is -1.07. The van der Waals surface area contributed by atoms with Crippen molar-refractivity contribution in [2.75, 3.05) is 5.75 Å². The van der Waals surface area contributed by atoms with E-state index < -0.39 is 0 Å². The SMILES string of the molecule is NC(=S)c1cccc(CSCC(=O)OC2CCCC2)c1. The van der Waals surface area contributed by atoms with Crippen LogP contribution in [-0.4, -0.2) is 22.8 Å². The van der Waals surface area contributed by atoms with Crippen LogP contribution in [0, 0.1) is 0 Å². The molecule has 0 saturated heterocycles. The minimum absolute atomic E-state index is 0.104. The second-order valence-electron chi connectivity index (χ2n) is 4.95. The summed E-state index contributed by atoms with van der Waals surface area (Å²) in [5, 5.41) is 0. The molecule has 1 aromatic carbocycles. The molecule has 3 nitrogen and oxygen atoms in total. The molecular formula is C15H19NO2S2. The van der Waals surface area contributed by atoms with Crippen LogP contribution in [0.25, 0.3) is 0 Å². The van der Waals surface area contributed by atoms with E-state index in [2.05, 4.69) is 0 Å². The van der Waals surface area contributed by atoms with Crippen molar-refractivity contribution in [3.8, 4) is 0 Å². The lowest BCUT2D eigenvalue weighted by Crippen LogP contribution is -2.16. The quantitative estimate of drug-likeness (QED) is 0.646. The van der Waals surface area contributed by atoms with Crippen LogP contribution in [0.5, 0.6) is 0 Å². The normalized spacial score (nSPS) is 15.2. The van der Waals surface area contributed by atoms with E-state index in [1.165, 1.54) is 12.8 Å². The van der Waals surface area contributed by atoms with Gasteiger partial charge in [0.2, 0.25) is 0 Å². The third-order valence-electron chi connectivity index (χ3n) is 3.30. The lowest BCUT2D eigenvalue weighted by Gasteiger charge is -2.11. The van der Waals surface area contributed by atoms with E-state index in [4.69, 9.17) is 22.7 Å². The first kappa shape index (κ1) is 15.3. The second-order valence-corrected chi connectivity index (χ2v) is 6.38. The molecule has 0 unspecified atom stereocenters. The molecule has 0 bridgehead atoms. The maximum atomic E-state index is 11.7. The smallest absolute Gasteiger partial charge is 0.316 e. The Labute approximate surface area is 129 Å². The van der Waals surface area contributed by atoms with Crippen LogP contribution in [0.4, 0.5) is 0 Å². The van der Waals surface area contributed by atoms with Crippen molar-refractivity contribution in [1.82, 2.24) is 0 Å². The number of rotatable bonds is 6. The van der Waals surface area contributed by atoms with Gasteiger partial charge < -0.3 is 10.5 Å². The average Bonchev–Trinajstić information content (AvgIpc) is 2.92. The van der Waals surface area contributed by atoms with Gasteiger partial charge in [0.1, 0.15) is 11.1 Å². The van der Waals surface area contributed by atoms with E-state index in [1.807, 2.05) is 24.3 Å². The molecule has 2 rings (SSSR count). The zero-order valence-electron chi connectivity index (χ0n) is 11.3. The molecule has 0 radical (unpaired) electrons. The Kier molecular flexibility index (Phi) is 5.86. The Morgan fingerprint density at radius 1 is 1.40 bits per heavy atom. The maximum Gasteiger partial charge on any atom is 0.316 e. The molecule has 0 spiro atoms. The summed E-state index contributed by atoms with van der Waals surface area (Å²) in [7, 11) is 0. The number of ether oxygens (including phenoxy) is 1. The molecule has 0 aliphatic heterocycles. The monoisotopic (exact) mass is 309 g/mol. The number of thioether (sulfide) groups is 1. The van der Waals surface area contributed by atoms with Gasteiger partial charge in [-0.15, -0.1) is 11.8 Å². The minimum atomic E-state index is -0.104. The molecule has 20 heavy (non-hydrogen) atoms. The summed E-state index contributed by atoms with van der Waals surface area (Å²) in [6, 6.07) is 7.81. The molecule has 0 amide bonds. The van der Waals surface area contributed by atoms with Crippen LogP contribution in [0.1, 0.15) is 36.8 Å². The van der Waals surface area contributed by atoms with Crippen molar-refractivity contribution in [3.05, 3.63) is 35.4 Å². The van der Waals surface area contributed by atoms with Crippen LogP contribution in [0.15, 0.2) is 24.3 Å². The number of nitrogens with two attached hydrogens (primary N) is 1. The van der Waals surface area contributed by atoms with E-state index in [1.54, 1.807) is 11.8 Å². The maximum absolute atomic E-state index is 11.7. The first-order chi connectivity index (χ1) is 9.65. The van der Waals surface area contributed by atoms with E-state index >= 15 is 0 Å². The highest BCUT2D eigenvalue weighted by atomic mass is 32.2. The van der Waals surface area contributed by atoms with Crippen LogP contribution in [-0.2, 0) is 15.3 Å². The molecule has 1 aliphatic rings. The number of esters is 1. The van der Waals surface area contributed by atoms with Crippen molar-refractivity contribution >= 4 is 34.9 Å². The predicted molar refractivity (Wildman–Crippen MR) is 86.8 cm³/mol. The van der Waals surface area contributed by atoms with Gasteiger partial charge in [0.15, 0.2) is 0 Å². The highest BCUT2D eigenvalue weighted by Crippen LogP contribution is 2.22. The second kappa shape index (κ2) is 7.64. The Bertz CT molecular complexity index is 485. The Morgan fingerprint density at radius 3 is 2.85 bits per heavy atom. The molecule has 5 heteroatoms. The number of hydrogen-bond donors (Lipinski definition) is 1. The van der Waals surface area contributed by atoms with Crippen LogP contribution < -0.4 is 5.73 Å². The van der Waals surface area contributed by atoms with Crippen molar-refractivity contribution in [3.63, 3.8) is 0 Å². The van der Waals surface area contributed by atoms with Gasteiger partial charge in [-0.25, -0.2) is 0 Å². The number of carbonyl (C=O) groups excluding carboxylic acids is 1. The summed E-state index contributed by atoms with van der Waals surface area (Å²) in [5.41, 5.74) is 7.59. The summed E-state index contributed by atoms with van der Waals surface area (Å²) >= 11 is 6.51. The van der Waals surface area contributed by atoms with Crippen molar-refractivity contribution in [1.29, 1.82) is 0 Å². The number of thiocarbonyl (C=S) groups is 1. The molecule has 1 saturated carbocycles. The fraction of sp³-hybridized carbons (Fsp3) is 0.467. The molecule has 1 fully saturated rings. The minimum Gasteiger partial charge on any atom is -0.462 e. The highest BCUT2D eigenvalue weighted by Gasteiger charge is 2.18. The third kappa shape index (κ3) is 4.80. The third-order valence-corrected chi connectivity index (χ3v) is 4.51. The van der Waals surface area contributed by atoms with Crippen molar-refractivity contribution in [2.24, 2.45) is 5.73 Å². The zero-order chi connectivity index (χ0) is 14.4. The van der Waals surface area contributed by atoms with Crippen LogP contribution in [0.2, 0.25) is 0 Å². The summed E-state index contributed by atoms with van der Waals surface area (Å²) in [5.74, 6) is 1.05. The number of carbonyl (C=O) groups is 1. The predicted octanol–water partition coefficient (Wildman–Crippen LogP) is 3.04. The van der Waals surface area contributed by atoms with E-state index in [0.717, 1.165) is 29.7 Å². The van der Waals surface area contributed by atoms with Gasteiger partial charge in [0.25, 0.3) is 0 Å². The van der Waals surface area contributed by atoms with Gasteiger partial charge in [0.05, 0.1) is 5.75 Å². The van der Waals surface area contributed by atoms with Gasteiger partial charge in [0, 0.05) is 11.3 Å². The number of hydrogen-bond acceptors (Lipinski definition) is 4. The average molecular weight is 309 g/mol. The van der Waals surface area contributed by atoms with Gasteiger partial charge in [-0.3, -0.25) is 4.79 Å². The van der Waals surface area contributed by atoms with Crippen LogP contribution >= 0.6 is 24.0 Å².